The molecule has 0 radical (unpaired) electrons. The monoisotopic (exact) mass is 689 g/mol. The number of aliphatic hydroxyl groups is 1. The number of carbonyl (C=O) groups is 2. The number of hydrogen-bond acceptors (Lipinski definition) is 5. The highest BCUT2D eigenvalue weighted by molar-refractivity contribution is 6.05. The van der Waals surface area contributed by atoms with Crippen LogP contribution in [0, 0.1) is 11.3 Å². The van der Waals surface area contributed by atoms with Crippen molar-refractivity contribution in [3.8, 4) is 6.07 Å². The second-order valence-corrected chi connectivity index (χ2v) is 11.5. The van der Waals surface area contributed by atoms with Crippen molar-refractivity contribution in [1.82, 2.24) is 5.32 Å². The van der Waals surface area contributed by atoms with Crippen LogP contribution in [0.25, 0.3) is 0 Å². The summed E-state index contributed by atoms with van der Waals surface area (Å²) in [5.74, 6) is -2.03. The zero-order valence-corrected chi connectivity index (χ0v) is 26.0. The Bertz CT molecular complexity index is 1650. The van der Waals surface area contributed by atoms with Gasteiger partial charge in [0.05, 0.1) is 30.3 Å². The molecule has 0 saturated heterocycles. The maximum atomic E-state index is 13.6. The number of carboxylic acid groups (broad SMARTS) is 1. The first-order valence-corrected chi connectivity index (χ1v) is 15.3. The van der Waals surface area contributed by atoms with Crippen LogP contribution >= 0.6 is 0 Å². The van der Waals surface area contributed by atoms with Gasteiger partial charge in [-0.15, -0.1) is 0 Å². The third kappa shape index (κ3) is 10.2. The number of nitrogens with one attached hydrogen (secondary N) is 2. The van der Waals surface area contributed by atoms with Crippen LogP contribution in [-0.2, 0) is 23.7 Å². The first kappa shape index (κ1) is 36.7. The van der Waals surface area contributed by atoms with Crippen molar-refractivity contribution in [1.29, 1.82) is 5.26 Å². The average molecular weight is 690 g/mol. The standard InChI is InChI=1S/C34H33F6N5O4/c35-33(36,37)25-16-26(34(38,39)40)18-27(17-25)44-32(42-15-14-41)45(28-12-10-23(11-13-28)22-4-2-1-3-5-22)20-21-6-8-24(9-7-21)30(47)43-19-29(46)31(48)49/h6-13,16-18,22,29,46H,1-5,15,19-20H2,(H,42,44)(H,43,47)(H,48,49)/t29-/m1/s1. The molecule has 0 spiro atoms. The molecule has 1 saturated carbocycles. The maximum Gasteiger partial charge on any atom is 0.416 e. The number of rotatable bonds is 10. The van der Waals surface area contributed by atoms with Crippen LogP contribution in [0.5, 0.6) is 0 Å². The highest BCUT2D eigenvalue weighted by atomic mass is 19.4. The lowest BCUT2D eigenvalue weighted by Gasteiger charge is -2.29. The predicted octanol–water partition coefficient (Wildman–Crippen LogP) is 6.95. The Morgan fingerprint density at radius 3 is 2.04 bits per heavy atom. The molecule has 1 atom stereocenters. The Labute approximate surface area is 277 Å². The van der Waals surface area contributed by atoms with Crippen molar-refractivity contribution >= 4 is 29.2 Å². The lowest BCUT2D eigenvalue weighted by atomic mass is 9.84. The molecular weight excluding hydrogens is 656 g/mol. The number of guanidine groups is 1. The average Bonchev–Trinajstić information content (AvgIpc) is 3.07. The summed E-state index contributed by atoms with van der Waals surface area (Å²) in [5.41, 5.74) is -1.40. The number of hydrogen-bond donors (Lipinski definition) is 4. The fourth-order valence-electron chi connectivity index (χ4n) is 5.43. The molecule has 3 aromatic carbocycles. The zero-order valence-electron chi connectivity index (χ0n) is 26.0. The SMILES string of the molecule is N#CCN=C(Nc1cc(C(F)(F)F)cc(C(F)(F)F)c1)N(Cc1ccc(C(=O)NC[C@@H](O)C(=O)O)cc1)c1ccc(C2CCCCC2)cc1. The molecule has 15 heteroatoms. The Hall–Kier alpha value is -5.10. The van der Waals surface area contributed by atoms with Crippen LogP contribution in [0.2, 0.25) is 0 Å². The smallest absolute Gasteiger partial charge is 0.416 e. The molecule has 4 rings (SSSR count). The lowest BCUT2D eigenvalue weighted by molar-refractivity contribution is -0.146. The van der Waals surface area contributed by atoms with Gasteiger partial charge in [0.1, 0.15) is 6.54 Å². The van der Waals surface area contributed by atoms with E-state index < -0.39 is 60.2 Å². The van der Waals surface area contributed by atoms with Crippen molar-refractivity contribution in [3.05, 3.63) is 94.5 Å². The van der Waals surface area contributed by atoms with Gasteiger partial charge in [-0.2, -0.15) is 31.6 Å². The van der Waals surface area contributed by atoms with Crippen molar-refractivity contribution in [3.63, 3.8) is 0 Å². The highest BCUT2D eigenvalue weighted by Gasteiger charge is 2.37. The first-order valence-electron chi connectivity index (χ1n) is 15.3. The molecule has 1 amide bonds. The second-order valence-electron chi connectivity index (χ2n) is 11.5. The summed E-state index contributed by atoms with van der Waals surface area (Å²) >= 11 is 0. The molecule has 9 nitrogen and oxygen atoms in total. The number of alkyl halides is 6. The Morgan fingerprint density at radius 2 is 1.51 bits per heavy atom. The van der Waals surface area contributed by atoms with Crippen molar-refractivity contribution in [2.24, 2.45) is 4.99 Å². The number of anilines is 2. The van der Waals surface area contributed by atoms with Crippen LogP contribution in [-0.4, -0.2) is 47.2 Å². The first-order chi connectivity index (χ1) is 23.2. The van der Waals surface area contributed by atoms with Crippen molar-refractivity contribution in [2.45, 2.75) is 63.0 Å². The molecule has 0 aromatic heterocycles. The lowest BCUT2D eigenvalue weighted by Crippen LogP contribution is -2.37. The topological polar surface area (TPSA) is 138 Å². The molecule has 1 aliphatic rings. The van der Waals surface area contributed by atoms with Gasteiger partial charge in [0, 0.05) is 16.9 Å². The van der Waals surface area contributed by atoms with Gasteiger partial charge >= 0.3 is 18.3 Å². The molecule has 1 fully saturated rings. The van der Waals surface area contributed by atoms with Crippen LogP contribution in [0.4, 0.5) is 37.7 Å². The van der Waals surface area contributed by atoms with Gasteiger partial charge in [0.25, 0.3) is 5.91 Å². The minimum Gasteiger partial charge on any atom is -0.479 e. The van der Waals surface area contributed by atoms with E-state index in [-0.39, 0.29) is 24.1 Å². The van der Waals surface area contributed by atoms with Gasteiger partial charge in [-0.1, -0.05) is 43.5 Å². The van der Waals surface area contributed by atoms with E-state index in [4.69, 9.17) is 5.11 Å². The van der Waals surface area contributed by atoms with E-state index in [9.17, 15) is 46.3 Å². The summed E-state index contributed by atoms with van der Waals surface area (Å²) in [6.45, 7) is -1.06. The number of carboxylic acids is 1. The Morgan fingerprint density at radius 1 is 0.918 bits per heavy atom. The van der Waals surface area contributed by atoms with E-state index in [0.29, 0.717) is 29.3 Å². The van der Waals surface area contributed by atoms with E-state index in [0.717, 1.165) is 37.7 Å². The molecule has 0 bridgehead atoms. The summed E-state index contributed by atoms with van der Waals surface area (Å²) in [6, 6.07) is 16.1. The summed E-state index contributed by atoms with van der Waals surface area (Å²) in [4.78, 5) is 29.0. The number of nitrogens with zero attached hydrogens (tertiary/aromatic N) is 3. The number of aliphatic imine (C=N–C) groups is 1. The molecule has 1 aliphatic carbocycles. The molecule has 0 aliphatic heterocycles. The third-order valence-electron chi connectivity index (χ3n) is 7.98. The number of aliphatic carboxylic acids is 1. The minimum atomic E-state index is -5.09. The maximum absolute atomic E-state index is 13.6. The van der Waals surface area contributed by atoms with Gasteiger partial charge in [-0.05, 0) is 72.4 Å². The number of benzene rings is 3. The summed E-state index contributed by atoms with van der Waals surface area (Å²) < 4.78 is 81.9. The minimum absolute atomic E-state index is 0.0130. The van der Waals surface area contributed by atoms with E-state index >= 15 is 0 Å². The van der Waals surface area contributed by atoms with Crippen molar-refractivity contribution in [2.75, 3.05) is 23.3 Å². The number of amides is 1. The quantitative estimate of drug-likeness (QED) is 0.0783. The Kier molecular flexibility index (Phi) is 11.9. The van der Waals surface area contributed by atoms with Crippen molar-refractivity contribution < 1.29 is 46.1 Å². The van der Waals surface area contributed by atoms with E-state index in [1.165, 1.54) is 17.0 Å². The molecule has 0 heterocycles. The van der Waals surface area contributed by atoms with E-state index in [1.807, 2.05) is 18.2 Å². The van der Waals surface area contributed by atoms with Crippen LogP contribution in [0.15, 0.2) is 71.7 Å². The number of aliphatic hydroxyl groups excluding tert-OH is 1. The van der Waals surface area contributed by atoms with Crippen LogP contribution < -0.4 is 15.5 Å². The molecule has 4 N–H and O–H groups in total. The van der Waals surface area contributed by atoms with Gasteiger partial charge < -0.3 is 25.7 Å². The largest absolute Gasteiger partial charge is 0.479 e. The normalized spacial score (nSPS) is 14.9. The van der Waals surface area contributed by atoms with Gasteiger partial charge in [0.15, 0.2) is 6.10 Å². The number of nitriles is 1. The zero-order chi connectivity index (χ0) is 35.8. The Balaban J connectivity index is 1.71. The number of carbonyl (C=O) groups excluding carboxylic acids is 1. The molecule has 260 valence electrons. The van der Waals surface area contributed by atoms with Gasteiger partial charge in [-0.25, -0.2) is 9.79 Å². The van der Waals surface area contributed by atoms with Crippen LogP contribution in [0.3, 0.4) is 0 Å². The molecule has 49 heavy (non-hydrogen) atoms. The van der Waals surface area contributed by atoms with E-state index in [2.05, 4.69) is 15.6 Å². The number of halogens is 6. The highest BCUT2D eigenvalue weighted by Crippen LogP contribution is 2.38. The second kappa shape index (κ2) is 15.9. The van der Waals surface area contributed by atoms with E-state index in [1.54, 1.807) is 24.3 Å². The predicted molar refractivity (Wildman–Crippen MR) is 169 cm³/mol. The van der Waals surface area contributed by atoms with Gasteiger partial charge in [0.2, 0.25) is 5.96 Å². The molecular formula is C34H33F6N5O4. The fraction of sp³-hybridized carbons (Fsp3) is 0.353. The summed E-state index contributed by atoms with van der Waals surface area (Å²) in [6.07, 6.45) is -6.59. The molecule has 3 aromatic rings. The molecule has 0 unspecified atom stereocenters. The third-order valence-corrected chi connectivity index (χ3v) is 7.98. The van der Waals surface area contributed by atoms with Crippen LogP contribution in [0.1, 0.15) is 70.6 Å². The summed E-state index contributed by atoms with van der Waals surface area (Å²) in [7, 11) is 0. The summed E-state index contributed by atoms with van der Waals surface area (Å²) in [5, 5.41) is 32.4. The fourth-order valence-corrected chi connectivity index (χ4v) is 5.43. The van der Waals surface area contributed by atoms with Gasteiger partial charge in [-0.3, -0.25) is 4.79 Å².